The highest BCUT2D eigenvalue weighted by Gasteiger charge is 2.28. The number of carbonyl (C=O) groups excluding carboxylic acids is 1. The normalized spacial score (nSPS) is 12.8. The second-order valence-corrected chi connectivity index (χ2v) is 6.35. The highest BCUT2D eigenvalue weighted by atomic mass is 35.5. The lowest BCUT2D eigenvalue weighted by Gasteiger charge is -2.14. The number of halogens is 4. The van der Waals surface area contributed by atoms with Gasteiger partial charge in [0.1, 0.15) is 5.75 Å². The van der Waals surface area contributed by atoms with Crippen molar-refractivity contribution in [2.45, 2.75) is 19.1 Å². The predicted octanol–water partition coefficient (Wildman–Crippen LogP) is 4.65. The summed E-state index contributed by atoms with van der Waals surface area (Å²) in [6, 6.07) is 7.61. The number of benzene rings is 1. The molecule has 142 valence electrons. The van der Waals surface area contributed by atoms with E-state index in [0.29, 0.717) is 21.7 Å². The monoisotopic (exact) mass is 397 g/mol. The summed E-state index contributed by atoms with van der Waals surface area (Å²) in [5, 5.41) is 4.01. The lowest BCUT2D eigenvalue weighted by Crippen LogP contribution is -2.27. The van der Waals surface area contributed by atoms with Crippen molar-refractivity contribution in [2.75, 3.05) is 6.61 Å². The predicted molar refractivity (Wildman–Crippen MR) is 95.0 cm³/mol. The Morgan fingerprint density at radius 2 is 2.11 bits per heavy atom. The Labute approximate surface area is 157 Å². The van der Waals surface area contributed by atoms with E-state index in [0.717, 1.165) is 5.52 Å². The van der Waals surface area contributed by atoms with E-state index in [9.17, 15) is 18.0 Å². The second-order valence-electron chi connectivity index (χ2n) is 5.91. The SMILES string of the molecule is C[C@@H](NC(=O)c1c[nH]c2ccc(Cl)cc12)c1ccc(OCC(F)(F)F)cn1. The van der Waals surface area contributed by atoms with Gasteiger partial charge in [-0.15, -0.1) is 0 Å². The molecule has 0 radical (unpaired) electrons. The smallest absolute Gasteiger partial charge is 0.422 e. The van der Waals surface area contributed by atoms with Crippen molar-refractivity contribution < 1.29 is 22.7 Å². The number of H-pyrrole nitrogens is 1. The zero-order chi connectivity index (χ0) is 19.6. The number of pyridine rings is 1. The van der Waals surface area contributed by atoms with Crippen LogP contribution in [0.25, 0.3) is 10.9 Å². The van der Waals surface area contributed by atoms with Crippen LogP contribution in [0.5, 0.6) is 5.75 Å². The van der Waals surface area contributed by atoms with Gasteiger partial charge in [-0.25, -0.2) is 0 Å². The van der Waals surface area contributed by atoms with Gasteiger partial charge in [0, 0.05) is 22.1 Å². The van der Waals surface area contributed by atoms with E-state index in [-0.39, 0.29) is 11.7 Å². The van der Waals surface area contributed by atoms with Crippen molar-refractivity contribution in [2.24, 2.45) is 0 Å². The molecule has 0 aliphatic rings. The maximum atomic E-state index is 12.5. The van der Waals surface area contributed by atoms with E-state index in [1.165, 1.54) is 18.3 Å². The first-order valence-corrected chi connectivity index (χ1v) is 8.34. The molecule has 0 saturated carbocycles. The fraction of sp³-hybridized carbons (Fsp3) is 0.222. The van der Waals surface area contributed by atoms with Gasteiger partial charge in [0.2, 0.25) is 0 Å². The minimum absolute atomic E-state index is 0.000807. The standard InChI is InChI=1S/C18H15ClF3N3O2/c1-10(15-5-3-12(7-23-15)27-9-18(20,21)22)25-17(26)14-8-24-16-4-2-11(19)6-13(14)16/h2-8,10,24H,9H2,1H3,(H,25,26)/t10-/m1/s1. The topological polar surface area (TPSA) is 67.0 Å². The highest BCUT2D eigenvalue weighted by Crippen LogP contribution is 2.23. The molecule has 0 spiro atoms. The molecule has 0 bridgehead atoms. The molecule has 0 aliphatic carbocycles. The van der Waals surface area contributed by atoms with Crippen LogP contribution in [0, 0.1) is 0 Å². The summed E-state index contributed by atoms with van der Waals surface area (Å²) < 4.78 is 41.1. The van der Waals surface area contributed by atoms with Gasteiger partial charge < -0.3 is 15.0 Å². The Hall–Kier alpha value is -2.74. The van der Waals surface area contributed by atoms with Crippen LogP contribution in [0.2, 0.25) is 5.02 Å². The van der Waals surface area contributed by atoms with Gasteiger partial charge in [-0.2, -0.15) is 13.2 Å². The number of nitrogens with zero attached hydrogens (tertiary/aromatic N) is 1. The van der Waals surface area contributed by atoms with Crippen molar-refractivity contribution >= 4 is 28.4 Å². The summed E-state index contributed by atoms with van der Waals surface area (Å²) in [6.45, 7) is 0.335. The van der Waals surface area contributed by atoms with Crippen LogP contribution in [0.1, 0.15) is 29.0 Å². The minimum atomic E-state index is -4.41. The molecule has 0 aliphatic heterocycles. The fourth-order valence-electron chi connectivity index (χ4n) is 2.53. The number of carbonyl (C=O) groups is 1. The van der Waals surface area contributed by atoms with Gasteiger partial charge in [-0.1, -0.05) is 11.6 Å². The third kappa shape index (κ3) is 4.71. The molecule has 2 heterocycles. The van der Waals surface area contributed by atoms with E-state index in [4.69, 9.17) is 11.6 Å². The molecule has 0 unspecified atom stereocenters. The number of fused-ring (bicyclic) bond motifs is 1. The van der Waals surface area contributed by atoms with E-state index >= 15 is 0 Å². The summed E-state index contributed by atoms with van der Waals surface area (Å²) in [7, 11) is 0. The zero-order valence-electron chi connectivity index (χ0n) is 14.1. The lowest BCUT2D eigenvalue weighted by atomic mass is 10.1. The number of alkyl halides is 3. The van der Waals surface area contributed by atoms with Crippen molar-refractivity contribution in [3.63, 3.8) is 0 Å². The van der Waals surface area contributed by atoms with E-state index in [1.54, 1.807) is 31.3 Å². The number of ether oxygens (including phenoxy) is 1. The average Bonchev–Trinajstić information content (AvgIpc) is 3.02. The number of rotatable bonds is 5. The van der Waals surface area contributed by atoms with Crippen LogP contribution in [0.3, 0.4) is 0 Å². The van der Waals surface area contributed by atoms with Crippen LogP contribution in [-0.4, -0.2) is 28.7 Å². The fourth-order valence-corrected chi connectivity index (χ4v) is 2.70. The summed E-state index contributed by atoms with van der Waals surface area (Å²) in [4.78, 5) is 19.6. The van der Waals surface area contributed by atoms with Gasteiger partial charge in [0.05, 0.1) is 23.5 Å². The Balaban J connectivity index is 1.68. The molecule has 1 amide bonds. The molecule has 2 N–H and O–H groups in total. The van der Waals surface area contributed by atoms with Gasteiger partial charge >= 0.3 is 6.18 Å². The van der Waals surface area contributed by atoms with E-state index in [2.05, 4.69) is 20.0 Å². The van der Waals surface area contributed by atoms with Crippen LogP contribution in [-0.2, 0) is 0 Å². The highest BCUT2D eigenvalue weighted by molar-refractivity contribution is 6.31. The van der Waals surface area contributed by atoms with Gasteiger partial charge in [-0.05, 0) is 37.3 Å². The van der Waals surface area contributed by atoms with Crippen molar-refractivity contribution in [1.29, 1.82) is 0 Å². The molecule has 0 fully saturated rings. The molecular formula is C18H15ClF3N3O2. The second kappa shape index (κ2) is 7.48. The summed E-state index contributed by atoms with van der Waals surface area (Å²) >= 11 is 5.98. The molecule has 3 rings (SSSR count). The first-order chi connectivity index (χ1) is 12.7. The van der Waals surface area contributed by atoms with Gasteiger partial charge in [0.25, 0.3) is 5.91 Å². The maximum absolute atomic E-state index is 12.5. The van der Waals surface area contributed by atoms with Gasteiger partial charge in [0.15, 0.2) is 6.61 Å². The number of hydrogen-bond donors (Lipinski definition) is 2. The third-order valence-electron chi connectivity index (χ3n) is 3.84. The van der Waals surface area contributed by atoms with E-state index in [1.807, 2.05) is 0 Å². The van der Waals surface area contributed by atoms with Crippen LogP contribution in [0.15, 0.2) is 42.7 Å². The molecule has 1 atom stereocenters. The van der Waals surface area contributed by atoms with Crippen LogP contribution >= 0.6 is 11.6 Å². The molecule has 27 heavy (non-hydrogen) atoms. The van der Waals surface area contributed by atoms with E-state index < -0.39 is 18.8 Å². The van der Waals surface area contributed by atoms with Crippen molar-refractivity contribution in [3.05, 3.63) is 59.0 Å². The molecule has 2 aromatic heterocycles. The van der Waals surface area contributed by atoms with Crippen LogP contribution < -0.4 is 10.1 Å². The number of hydrogen-bond acceptors (Lipinski definition) is 3. The maximum Gasteiger partial charge on any atom is 0.422 e. The number of aromatic amines is 1. The quantitative estimate of drug-likeness (QED) is 0.658. The summed E-state index contributed by atoms with van der Waals surface area (Å²) in [5.74, 6) is -0.323. The molecular weight excluding hydrogens is 383 g/mol. The first kappa shape index (κ1) is 19.0. The third-order valence-corrected chi connectivity index (χ3v) is 4.08. The summed E-state index contributed by atoms with van der Waals surface area (Å²) in [5.41, 5.74) is 1.70. The average molecular weight is 398 g/mol. The molecule has 9 heteroatoms. The van der Waals surface area contributed by atoms with Gasteiger partial charge in [-0.3, -0.25) is 9.78 Å². The van der Waals surface area contributed by atoms with Crippen molar-refractivity contribution in [1.82, 2.24) is 15.3 Å². The first-order valence-electron chi connectivity index (χ1n) is 7.96. The Morgan fingerprint density at radius 1 is 1.33 bits per heavy atom. The molecule has 5 nitrogen and oxygen atoms in total. The number of aromatic nitrogens is 2. The lowest BCUT2D eigenvalue weighted by molar-refractivity contribution is -0.153. The minimum Gasteiger partial charge on any atom is -0.483 e. The Kier molecular flexibility index (Phi) is 5.27. The number of amides is 1. The Morgan fingerprint density at radius 3 is 2.78 bits per heavy atom. The molecule has 1 aromatic carbocycles. The number of nitrogens with one attached hydrogen (secondary N) is 2. The Bertz CT molecular complexity index is 955. The summed E-state index contributed by atoms with van der Waals surface area (Å²) in [6.07, 6.45) is -1.64. The molecule has 0 saturated heterocycles. The van der Waals surface area contributed by atoms with Crippen molar-refractivity contribution in [3.8, 4) is 5.75 Å². The van der Waals surface area contributed by atoms with Crippen LogP contribution in [0.4, 0.5) is 13.2 Å². The largest absolute Gasteiger partial charge is 0.483 e. The molecule has 3 aromatic rings. The zero-order valence-corrected chi connectivity index (χ0v) is 14.9.